The largest absolute Gasteiger partial charge is 0.396 e. The molecule has 0 spiro atoms. The quantitative estimate of drug-likeness (QED) is 0.896. The number of rotatable bonds is 2. The second kappa shape index (κ2) is 5.18. The number of nitrogen functional groups attached to an aromatic ring is 1. The summed E-state index contributed by atoms with van der Waals surface area (Å²) in [4.78, 5) is 16.1. The maximum atomic E-state index is 12.1. The minimum atomic E-state index is -0.223. The average Bonchev–Trinajstić information content (AvgIpc) is 2.35. The molecular formula is C13H12BrN3O. The predicted octanol–water partition coefficient (Wildman–Crippen LogP) is 2.99. The molecule has 0 atom stereocenters. The first-order chi connectivity index (χ1) is 8.58. The maximum Gasteiger partial charge on any atom is 0.257 e. The van der Waals surface area contributed by atoms with Crippen molar-refractivity contribution in [2.75, 3.05) is 11.1 Å². The molecule has 1 amide bonds. The van der Waals surface area contributed by atoms with Crippen molar-refractivity contribution in [1.29, 1.82) is 0 Å². The van der Waals surface area contributed by atoms with Crippen LogP contribution in [-0.4, -0.2) is 10.9 Å². The van der Waals surface area contributed by atoms with Crippen LogP contribution in [0.15, 0.2) is 41.0 Å². The molecular weight excluding hydrogens is 294 g/mol. The van der Waals surface area contributed by atoms with Crippen LogP contribution in [0.2, 0.25) is 0 Å². The molecule has 0 saturated heterocycles. The van der Waals surface area contributed by atoms with Crippen LogP contribution in [0.25, 0.3) is 0 Å². The summed E-state index contributed by atoms with van der Waals surface area (Å²) in [7, 11) is 0. The zero-order chi connectivity index (χ0) is 13.1. The van der Waals surface area contributed by atoms with Gasteiger partial charge in [-0.3, -0.25) is 4.79 Å². The maximum absolute atomic E-state index is 12.1. The molecule has 3 N–H and O–H groups in total. The third-order valence-corrected chi connectivity index (χ3v) is 3.01. The van der Waals surface area contributed by atoms with Crippen LogP contribution in [0.3, 0.4) is 0 Å². The minimum Gasteiger partial charge on any atom is -0.396 e. The number of nitrogens with two attached hydrogens (primary N) is 1. The van der Waals surface area contributed by atoms with Crippen molar-refractivity contribution in [3.05, 3.63) is 52.1 Å². The Kier molecular flexibility index (Phi) is 3.62. The van der Waals surface area contributed by atoms with Crippen molar-refractivity contribution in [3.63, 3.8) is 0 Å². The summed E-state index contributed by atoms with van der Waals surface area (Å²) in [5.74, 6) is 0.154. The molecule has 0 aliphatic rings. The number of hydrogen-bond acceptors (Lipinski definition) is 3. The Balaban J connectivity index is 2.28. The molecule has 0 bridgehead atoms. The van der Waals surface area contributed by atoms with E-state index in [1.807, 2.05) is 19.1 Å². The van der Waals surface area contributed by atoms with Crippen molar-refractivity contribution in [1.82, 2.24) is 4.98 Å². The van der Waals surface area contributed by atoms with E-state index in [-0.39, 0.29) is 5.91 Å². The number of pyridine rings is 1. The Hall–Kier alpha value is -1.88. The van der Waals surface area contributed by atoms with E-state index in [4.69, 9.17) is 5.73 Å². The number of halogens is 1. The van der Waals surface area contributed by atoms with Crippen molar-refractivity contribution >= 4 is 33.3 Å². The monoisotopic (exact) mass is 305 g/mol. The van der Waals surface area contributed by atoms with Gasteiger partial charge in [0.2, 0.25) is 0 Å². The first-order valence-electron chi connectivity index (χ1n) is 5.36. The summed E-state index contributed by atoms with van der Waals surface area (Å²) >= 11 is 3.34. The lowest BCUT2D eigenvalue weighted by Crippen LogP contribution is -2.15. The lowest BCUT2D eigenvalue weighted by Gasteiger charge is -2.09. The number of anilines is 2. The summed E-state index contributed by atoms with van der Waals surface area (Å²) in [6.07, 6.45) is 1.58. The number of aryl methyl sites for hydroxylation is 1. The van der Waals surface area contributed by atoms with Crippen LogP contribution in [0.1, 0.15) is 15.9 Å². The number of aromatic nitrogens is 1. The Morgan fingerprint density at radius 2 is 2.17 bits per heavy atom. The predicted molar refractivity (Wildman–Crippen MR) is 75.5 cm³/mol. The highest BCUT2D eigenvalue weighted by atomic mass is 79.9. The molecule has 0 saturated carbocycles. The number of hydrogen-bond donors (Lipinski definition) is 2. The normalized spacial score (nSPS) is 10.1. The van der Waals surface area contributed by atoms with Gasteiger partial charge in [0.05, 0.1) is 5.69 Å². The number of carbonyl (C=O) groups excluding carboxylic acids is 1. The third-order valence-electron chi connectivity index (χ3n) is 2.52. The highest BCUT2D eigenvalue weighted by Crippen LogP contribution is 2.19. The van der Waals surface area contributed by atoms with Gasteiger partial charge in [0.15, 0.2) is 5.82 Å². The summed E-state index contributed by atoms with van der Waals surface area (Å²) in [5, 5.41) is 2.70. The van der Waals surface area contributed by atoms with Gasteiger partial charge in [-0.05, 0) is 36.8 Å². The first kappa shape index (κ1) is 12.6. The topological polar surface area (TPSA) is 68.0 Å². The van der Waals surface area contributed by atoms with E-state index in [9.17, 15) is 4.79 Å². The molecule has 2 rings (SSSR count). The molecule has 5 heteroatoms. The van der Waals surface area contributed by atoms with Crippen LogP contribution in [0.5, 0.6) is 0 Å². The number of carbonyl (C=O) groups is 1. The molecule has 0 unspecified atom stereocenters. The first-order valence-corrected chi connectivity index (χ1v) is 6.15. The summed E-state index contributed by atoms with van der Waals surface area (Å²) in [5.41, 5.74) is 7.66. The average molecular weight is 306 g/mol. The van der Waals surface area contributed by atoms with E-state index in [1.54, 1.807) is 24.4 Å². The fraction of sp³-hybridized carbons (Fsp3) is 0.0769. The van der Waals surface area contributed by atoms with E-state index in [1.165, 1.54) is 0 Å². The van der Waals surface area contributed by atoms with Crippen LogP contribution in [0.4, 0.5) is 11.5 Å². The molecule has 0 radical (unpaired) electrons. The van der Waals surface area contributed by atoms with Crippen LogP contribution in [0, 0.1) is 6.92 Å². The Morgan fingerprint density at radius 3 is 2.89 bits per heavy atom. The minimum absolute atomic E-state index is 0.223. The van der Waals surface area contributed by atoms with Gasteiger partial charge < -0.3 is 11.1 Å². The number of nitrogens with zero attached hydrogens (tertiary/aromatic N) is 1. The highest BCUT2D eigenvalue weighted by Gasteiger charge is 2.11. The molecule has 92 valence electrons. The molecule has 0 fully saturated rings. The van der Waals surface area contributed by atoms with E-state index in [0.29, 0.717) is 17.1 Å². The fourth-order valence-corrected chi connectivity index (χ4v) is 1.90. The lowest BCUT2D eigenvalue weighted by molar-refractivity contribution is 0.102. The van der Waals surface area contributed by atoms with E-state index < -0.39 is 0 Å². The second-order valence-corrected chi connectivity index (χ2v) is 4.77. The van der Waals surface area contributed by atoms with Gasteiger partial charge in [-0.25, -0.2) is 4.98 Å². The van der Waals surface area contributed by atoms with E-state index in [2.05, 4.69) is 26.2 Å². The molecule has 1 aromatic carbocycles. The lowest BCUT2D eigenvalue weighted by atomic mass is 10.1. The number of benzene rings is 1. The smallest absolute Gasteiger partial charge is 0.257 e. The van der Waals surface area contributed by atoms with Crippen LogP contribution in [-0.2, 0) is 0 Å². The Morgan fingerprint density at radius 1 is 1.39 bits per heavy atom. The molecule has 2 aromatic rings. The second-order valence-electron chi connectivity index (χ2n) is 3.85. The zero-order valence-electron chi connectivity index (χ0n) is 9.77. The summed E-state index contributed by atoms with van der Waals surface area (Å²) < 4.78 is 0.854. The van der Waals surface area contributed by atoms with Gasteiger partial charge in [0, 0.05) is 16.2 Å². The van der Waals surface area contributed by atoms with Crippen LogP contribution >= 0.6 is 15.9 Å². The van der Waals surface area contributed by atoms with Gasteiger partial charge in [-0.2, -0.15) is 0 Å². The third kappa shape index (κ3) is 2.68. The number of amides is 1. The van der Waals surface area contributed by atoms with Crippen molar-refractivity contribution in [2.24, 2.45) is 0 Å². The van der Waals surface area contributed by atoms with Gasteiger partial charge in [0.1, 0.15) is 0 Å². The van der Waals surface area contributed by atoms with Gasteiger partial charge in [-0.1, -0.05) is 22.0 Å². The van der Waals surface area contributed by atoms with E-state index >= 15 is 0 Å². The van der Waals surface area contributed by atoms with Crippen molar-refractivity contribution in [3.8, 4) is 0 Å². The summed E-state index contributed by atoms with van der Waals surface area (Å²) in [6, 6.07) is 8.94. The molecule has 0 aliphatic heterocycles. The Labute approximate surface area is 113 Å². The molecule has 4 nitrogen and oxygen atoms in total. The van der Waals surface area contributed by atoms with Gasteiger partial charge >= 0.3 is 0 Å². The molecule has 18 heavy (non-hydrogen) atoms. The van der Waals surface area contributed by atoms with Gasteiger partial charge in [-0.15, -0.1) is 0 Å². The molecule has 1 aromatic heterocycles. The van der Waals surface area contributed by atoms with E-state index in [0.717, 1.165) is 10.0 Å². The van der Waals surface area contributed by atoms with Crippen molar-refractivity contribution < 1.29 is 4.79 Å². The molecule has 1 heterocycles. The standard InChI is InChI=1S/C13H12BrN3O/c1-8-4-5-9(14)7-10(8)13(18)17-12-11(15)3-2-6-16-12/h2-7H,15H2,1H3,(H,16,17,18). The van der Waals surface area contributed by atoms with Gasteiger partial charge in [0.25, 0.3) is 5.91 Å². The Bertz CT molecular complexity index is 599. The zero-order valence-corrected chi connectivity index (χ0v) is 11.4. The van der Waals surface area contributed by atoms with Crippen molar-refractivity contribution in [2.45, 2.75) is 6.92 Å². The summed E-state index contributed by atoms with van der Waals surface area (Å²) in [6.45, 7) is 1.88. The SMILES string of the molecule is Cc1ccc(Br)cc1C(=O)Nc1ncccc1N. The fourth-order valence-electron chi connectivity index (χ4n) is 1.54. The van der Waals surface area contributed by atoms with Crippen LogP contribution < -0.4 is 11.1 Å². The number of nitrogens with one attached hydrogen (secondary N) is 1. The molecule has 0 aliphatic carbocycles. The highest BCUT2D eigenvalue weighted by molar-refractivity contribution is 9.10.